The molecule has 0 atom stereocenters. The summed E-state index contributed by atoms with van der Waals surface area (Å²) < 4.78 is 0. The Morgan fingerprint density at radius 2 is 1.23 bits per heavy atom. The maximum absolute atomic E-state index is 2.54. The first kappa shape index (κ1) is 21.7. The third kappa shape index (κ3) is 3.38. The molecule has 0 amide bonds. The molecule has 0 saturated heterocycles. The van der Waals surface area contributed by atoms with Gasteiger partial charge in [-0.05, 0) is 75.7 Å². The quantitative estimate of drug-likeness (QED) is 0.262. The van der Waals surface area contributed by atoms with Crippen LogP contribution in [0.15, 0.2) is 103 Å². The Kier molecular flexibility index (Phi) is 5.04. The fourth-order valence-electron chi connectivity index (χ4n) is 6.13. The van der Waals surface area contributed by atoms with Gasteiger partial charge in [-0.1, -0.05) is 105 Å². The maximum Gasteiger partial charge on any atom is 0.0488 e. The summed E-state index contributed by atoms with van der Waals surface area (Å²) in [6.45, 7) is 10.0. The van der Waals surface area contributed by atoms with Crippen molar-refractivity contribution < 1.29 is 0 Å². The molecule has 0 aliphatic heterocycles. The topological polar surface area (TPSA) is 3.24 Å². The van der Waals surface area contributed by atoms with E-state index in [1.165, 1.54) is 61.1 Å². The number of hydrogen-bond acceptors (Lipinski definition) is 1. The maximum atomic E-state index is 2.54. The predicted molar refractivity (Wildman–Crippen MR) is 150 cm³/mol. The van der Waals surface area contributed by atoms with Gasteiger partial charge in [-0.15, -0.1) is 0 Å². The zero-order valence-electron chi connectivity index (χ0n) is 21.0. The highest BCUT2D eigenvalue weighted by atomic mass is 15.1. The summed E-state index contributed by atoms with van der Waals surface area (Å²) in [5, 5.41) is 2.67. The second kappa shape index (κ2) is 8.13. The molecule has 1 nitrogen and oxygen atoms in total. The monoisotopic (exact) mass is 453 g/mol. The van der Waals surface area contributed by atoms with Crippen LogP contribution in [0.2, 0.25) is 0 Å². The van der Waals surface area contributed by atoms with E-state index in [4.69, 9.17) is 0 Å². The molecular weight excluding hydrogens is 422 g/mol. The molecule has 172 valence electrons. The zero-order valence-corrected chi connectivity index (χ0v) is 21.0. The summed E-state index contributed by atoms with van der Waals surface area (Å²) in [5.41, 5.74) is 12.0. The van der Waals surface area contributed by atoms with Crippen molar-refractivity contribution in [2.45, 2.75) is 39.7 Å². The Hall–Kier alpha value is -3.84. The summed E-state index contributed by atoms with van der Waals surface area (Å²) >= 11 is 0. The molecule has 0 saturated carbocycles. The Morgan fingerprint density at radius 3 is 2.06 bits per heavy atom. The van der Waals surface area contributed by atoms with Crippen molar-refractivity contribution in [3.05, 3.63) is 131 Å². The van der Waals surface area contributed by atoms with Gasteiger partial charge in [0.25, 0.3) is 0 Å². The largest absolute Gasteiger partial charge is 0.336 e. The van der Waals surface area contributed by atoms with Crippen LogP contribution in [-0.2, 0) is 12.0 Å². The summed E-state index contributed by atoms with van der Waals surface area (Å²) in [4.78, 5) is 2.54. The van der Waals surface area contributed by atoms with Gasteiger partial charge in [0.05, 0.1) is 0 Å². The number of para-hydroxylation sites is 1. The minimum atomic E-state index is -0.0713. The molecule has 1 aliphatic carbocycles. The zero-order chi connectivity index (χ0) is 24.2. The lowest BCUT2D eigenvalue weighted by molar-refractivity contribution is 0.658. The lowest BCUT2D eigenvalue weighted by Crippen LogP contribution is -2.24. The normalized spacial score (nSPS) is 13.5. The van der Waals surface area contributed by atoms with E-state index in [0.29, 0.717) is 0 Å². The van der Waals surface area contributed by atoms with Gasteiger partial charge in [0.1, 0.15) is 0 Å². The molecule has 35 heavy (non-hydrogen) atoms. The average molecular weight is 454 g/mol. The molecule has 0 fully saturated rings. The van der Waals surface area contributed by atoms with Crippen LogP contribution in [0, 0.1) is 13.8 Å². The van der Waals surface area contributed by atoms with Gasteiger partial charge < -0.3 is 4.90 Å². The number of hydrogen-bond donors (Lipinski definition) is 0. The molecule has 0 bridgehead atoms. The van der Waals surface area contributed by atoms with Crippen molar-refractivity contribution >= 4 is 22.1 Å². The highest BCUT2D eigenvalue weighted by Crippen LogP contribution is 2.53. The molecule has 5 aromatic carbocycles. The predicted octanol–water partition coefficient (Wildman–Crippen LogP) is 9.10. The van der Waals surface area contributed by atoms with E-state index in [0.717, 1.165) is 6.54 Å². The van der Waals surface area contributed by atoms with Crippen LogP contribution in [0.3, 0.4) is 0 Å². The van der Waals surface area contributed by atoms with Gasteiger partial charge in [-0.3, -0.25) is 0 Å². The number of benzene rings is 5. The van der Waals surface area contributed by atoms with Crippen molar-refractivity contribution in [3.8, 4) is 11.1 Å². The van der Waals surface area contributed by atoms with Crippen LogP contribution in [0.25, 0.3) is 21.9 Å². The Labute approximate surface area is 208 Å². The Bertz CT molecular complexity index is 1570. The first-order chi connectivity index (χ1) is 17.0. The fraction of sp³-hybridized carbons (Fsp3) is 0.176. The molecule has 0 unspecified atom stereocenters. The summed E-state index contributed by atoms with van der Waals surface area (Å²) in [7, 11) is 0. The van der Waals surface area contributed by atoms with Crippen LogP contribution < -0.4 is 4.90 Å². The van der Waals surface area contributed by atoms with Crippen molar-refractivity contribution in [1.29, 1.82) is 0 Å². The standard InChI is InChI=1S/C34H31N/c1-23-12-5-8-20-30(23)35(22-26-16-10-15-25-14-9-13-24(2)32(25)26)31-21-11-18-28-27-17-6-7-19-29(27)34(3,4)33(28)31/h5-21H,22H2,1-4H3. The molecule has 0 aromatic heterocycles. The highest BCUT2D eigenvalue weighted by molar-refractivity contribution is 5.91. The fourth-order valence-corrected chi connectivity index (χ4v) is 6.13. The minimum Gasteiger partial charge on any atom is -0.336 e. The molecule has 5 aromatic rings. The summed E-state index contributed by atoms with van der Waals surface area (Å²) in [5.74, 6) is 0. The van der Waals surface area contributed by atoms with Crippen LogP contribution in [0.5, 0.6) is 0 Å². The van der Waals surface area contributed by atoms with Gasteiger partial charge >= 0.3 is 0 Å². The van der Waals surface area contributed by atoms with Gasteiger partial charge in [0.15, 0.2) is 0 Å². The Morgan fingerprint density at radius 1 is 0.600 bits per heavy atom. The van der Waals surface area contributed by atoms with E-state index in [2.05, 4.69) is 136 Å². The van der Waals surface area contributed by atoms with E-state index in [9.17, 15) is 0 Å². The molecular formula is C34H31N. The average Bonchev–Trinajstić information content (AvgIpc) is 3.11. The smallest absolute Gasteiger partial charge is 0.0488 e. The SMILES string of the molecule is Cc1ccccc1N(Cc1cccc2cccc(C)c12)c1cccc2c1C(C)(C)c1ccccc1-2. The first-order valence-electron chi connectivity index (χ1n) is 12.5. The molecule has 1 aliphatic rings. The van der Waals surface area contributed by atoms with Crippen molar-refractivity contribution in [3.63, 3.8) is 0 Å². The number of fused-ring (bicyclic) bond motifs is 4. The molecule has 0 spiro atoms. The highest BCUT2D eigenvalue weighted by Gasteiger charge is 2.38. The summed E-state index contributed by atoms with van der Waals surface area (Å²) in [6.07, 6.45) is 0. The molecule has 6 rings (SSSR count). The van der Waals surface area contributed by atoms with Crippen LogP contribution in [-0.4, -0.2) is 0 Å². The number of nitrogens with zero attached hydrogens (tertiary/aromatic N) is 1. The van der Waals surface area contributed by atoms with Crippen molar-refractivity contribution in [2.75, 3.05) is 4.90 Å². The molecule has 0 radical (unpaired) electrons. The molecule has 0 N–H and O–H groups in total. The van der Waals surface area contributed by atoms with E-state index >= 15 is 0 Å². The van der Waals surface area contributed by atoms with Crippen LogP contribution in [0.1, 0.15) is 41.7 Å². The summed E-state index contributed by atoms with van der Waals surface area (Å²) in [6, 6.07) is 37.9. The van der Waals surface area contributed by atoms with Crippen LogP contribution >= 0.6 is 0 Å². The molecule has 1 heteroatoms. The number of rotatable bonds is 4. The van der Waals surface area contributed by atoms with E-state index in [1.807, 2.05) is 0 Å². The van der Waals surface area contributed by atoms with Crippen molar-refractivity contribution in [2.24, 2.45) is 0 Å². The van der Waals surface area contributed by atoms with Crippen molar-refractivity contribution in [1.82, 2.24) is 0 Å². The molecule has 0 heterocycles. The van der Waals surface area contributed by atoms with Gasteiger partial charge in [-0.25, -0.2) is 0 Å². The third-order valence-corrected chi connectivity index (χ3v) is 7.78. The number of aryl methyl sites for hydroxylation is 2. The number of anilines is 2. The Balaban J connectivity index is 1.60. The van der Waals surface area contributed by atoms with E-state index in [1.54, 1.807) is 0 Å². The van der Waals surface area contributed by atoms with Crippen LogP contribution in [0.4, 0.5) is 11.4 Å². The second-order valence-electron chi connectivity index (χ2n) is 10.3. The van der Waals surface area contributed by atoms with Gasteiger partial charge in [0.2, 0.25) is 0 Å². The lowest BCUT2D eigenvalue weighted by atomic mass is 9.81. The lowest BCUT2D eigenvalue weighted by Gasteiger charge is -2.33. The van der Waals surface area contributed by atoms with Gasteiger partial charge in [-0.2, -0.15) is 0 Å². The first-order valence-corrected chi connectivity index (χ1v) is 12.5. The van der Waals surface area contributed by atoms with Gasteiger partial charge in [0, 0.05) is 23.3 Å². The third-order valence-electron chi connectivity index (χ3n) is 7.78. The second-order valence-corrected chi connectivity index (χ2v) is 10.3. The van der Waals surface area contributed by atoms with E-state index < -0.39 is 0 Å². The van der Waals surface area contributed by atoms with E-state index in [-0.39, 0.29) is 5.41 Å². The minimum absolute atomic E-state index is 0.0713.